The lowest BCUT2D eigenvalue weighted by molar-refractivity contribution is -0.142. The third kappa shape index (κ3) is 8.29. The number of fused-ring (bicyclic) bond motifs is 1. The second-order valence-electron chi connectivity index (χ2n) is 10.8. The van der Waals surface area contributed by atoms with Crippen molar-refractivity contribution in [1.82, 2.24) is 30.9 Å². The molecule has 2 aromatic heterocycles. The molecule has 0 aliphatic carbocycles. The summed E-state index contributed by atoms with van der Waals surface area (Å²) in [5.74, 6) is -3.39. The fraction of sp³-hybridized carbons (Fsp3) is 0.323. The molecule has 0 spiro atoms. The summed E-state index contributed by atoms with van der Waals surface area (Å²) in [6.07, 6.45) is 5.06. The lowest BCUT2D eigenvalue weighted by Gasteiger charge is -2.27. The average Bonchev–Trinajstić information content (AvgIpc) is 3.65. The van der Waals surface area contributed by atoms with Crippen LogP contribution in [0.4, 0.5) is 0 Å². The van der Waals surface area contributed by atoms with Gasteiger partial charge in [-0.25, -0.2) is 9.78 Å². The van der Waals surface area contributed by atoms with Crippen LogP contribution in [0.1, 0.15) is 30.7 Å². The number of benzene rings is 2. The smallest absolute Gasteiger partial charge is 0.326 e. The molecular formula is C31H37N7O5. The van der Waals surface area contributed by atoms with Gasteiger partial charge in [-0.05, 0) is 29.5 Å². The van der Waals surface area contributed by atoms with E-state index in [0.29, 0.717) is 5.69 Å². The molecule has 4 aromatic rings. The summed E-state index contributed by atoms with van der Waals surface area (Å²) in [7, 11) is 0. The van der Waals surface area contributed by atoms with Crippen molar-refractivity contribution in [2.24, 2.45) is 11.7 Å². The first-order valence-corrected chi connectivity index (χ1v) is 14.1. The van der Waals surface area contributed by atoms with E-state index in [0.717, 1.165) is 22.0 Å². The van der Waals surface area contributed by atoms with Gasteiger partial charge in [0.2, 0.25) is 17.7 Å². The SMILES string of the molecule is CC(C)C(NC(=O)C(Cc1c[nH]c2ccccc12)NC(=O)C(N)Cc1ccccc1)C(=O)NC(Cc1cnc[nH]1)C(=O)O. The van der Waals surface area contributed by atoms with Gasteiger partial charge in [0, 0.05) is 41.8 Å². The third-order valence-electron chi connectivity index (χ3n) is 7.21. The van der Waals surface area contributed by atoms with Gasteiger partial charge in [0.25, 0.3) is 0 Å². The van der Waals surface area contributed by atoms with Crippen LogP contribution >= 0.6 is 0 Å². The molecule has 0 fully saturated rings. The number of carbonyl (C=O) groups excluding carboxylic acids is 3. The first kappa shape index (κ1) is 31.0. The summed E-state index contributed by atoms with van der Waals surface area (Å²) in [6, 6.07) is 12.6. The Morgan fingerprint density at radius 3 is 2.21 bits per heavy atom. The number of rotatable bonds is 14. The molecule has 8 N–H and O–H groups in total. The van der Waals surface area contributed by atoms with Gasteiger partial charge in [-0.2, -0.15) is 0 Å². The van der Waals surface area contributed by atoms with E-state index >= 15 is 0 Å². The predicted molar refractivity (Wildman–Crippen MR) is 161 cm³/mol. The molecular weight excluding hydrogens is 550 g/mol. The van der Waals surface area contributed by atoms with E-state index in [1.54, 1.807) is 20.0 Å². The Labute approximate surface area is 248 Å². The maximum atomic E-state index is 13.7. The number of para-hydroxylation sites is 1. The minimum absolute atomic E-state index is 0.0155. The van der Waals surface area contributed by atoms with E-state index in [-0.39, 0.29) is 19.3 Å². The summed E-state index contributed by atoms with van der Waals surface area (Å²) in [5.41, 5.74) is 9.30. The number of imidazole rings is 1. The lowest BCUT2D eigenvalue weighted by atomic mass is 9.99. The number of carbonyl (C=O) groups is 4. The molecule has 0 radical (unpaired) electrons. The van der Waals surface area contributed by atoms with Crippen molar-refractivity contribution in [2.75, 3.05) is 0 Å². The predicted octanol–water partition coefficient (Wildman–Crippen LogP) is 1.44. The van der Waals surface area contributed by atoms with Gasteiger partial charge in [0.05, 0.1) is 12.4 Å². The van der Waals surface area contributed by atoms with E-state index in [1.807, 2.05) is 54.6 Å². The third-order valence-corrected chi connectivity index (χ3v) is 7.21. The van der Waals surface area contributed by atoms with Crippen LogP contribution in [-0.4, -0.2) is 67.9 Å². The van der Waals surface area contributed by atoms with Crippen molar-refractivity contribution in [3.05, 3.63) is 90.1 Å². The number of nitrogens with one attached hydrogen (secondary N) is 5. The number of carboxylic acids is 1. The molecule has 3 amide bonds. The molecule has 0 saturated heterocycles. The maximum Gasteiger partial charge on any atom is 0.326 e. The summed E-state index contributed by atoms with van der Waals surface area (Å²) in [4.78, 5) is 62.0. The Morgan fingerprint density at radius 2 is 1.53 bits per heavy atom. The van der Waals surface area contributed by atoms with Crippen molar-refractivity contribution >= 4 is 34.6 Å². The highest BCUT2D eigenvalue weighted by Crippen LogP contribution is 2.19. The number of aromatic amines is 2. The summed E-state index contributed by atoms with van der Waals surface area (Å²) in [6.45, 7) is 3.47. The van der Waals surface area contributed by atoms with Gasteiger partial charge in [-0.3, -0.25) is 14.4 Å². The van der Waals surface area contributed by atoms with Crippen LogP contribution in [0.5, 0.6) is 0 Å². The highest BCUT2D eigenvalue weighted by atomic mass is 16.4. The number of carboxylic acid groups (broad SMARTS) is 1. The van der Waals surface area contributed by atoms with Crippen LogP contribution in [0.3, 0.4) is 0 Å². The highest BCUT2D eigenvalue weighted by molar-refractivity contribution is 5.95. The molecule has 0 saturated carbocycles. The Kier molecular flexibility index (Phi) is 10.3. The number of aromatic nitrogens is 3. The number of nitrogens with two attached hydrogens (primary N) is 1. The first-order chi connectivity index (χ1) is 20.6. The van der Waals surface area contributed by atoms with Gasteiger partial charge < -0.3 is 36.8 Å². The molecule has 43 heavy (non-hydrogen) atoms. The van der Waals surface area contributed by atoms with Crippen LogP contribution < -0.4 is 21.7 Å². The van der Waals surface area contributed by atoms with Gasteiger partial charge in [0.1, 0.15) is 18.1 Å². The van der Waals surface area contributed by atoms with Crippen molar-refractivity contribution in [3.8, 4) is 0 Å². The molecule has 2 aromatic carbocycles. The van der Waals surface area contributed by atoms with Crippen LogP contribution in [-0.2, 0) is 38.4 Å². The van der Waals surface area contributed by atoms with Gasteiger partial charge in [-0.1, -0.05) is 62.4 Å². The zero-order chi connectivity index (χ0) is 30.9. The normalized spacial score (nSPS) is 14.0. The van der Waals surface area contributed by atoms with E-state index in [2.05, 4.69) is 30.9 Å². The number of hydrogen-bond acceptors (Lipinski definition) is 6. The fourth-order valence-electron chi connectivity index (χ4n) is 4.84. The van der Waals surface area contributed by atoms with Crippen molar-refractivity contribution < 1.29 is 24.3 Å². The van der Waals surface area contributed by atoms with E-state index < -0.39 is 53.8 Å². The minimum atomic E-state index is -1.25. The van der Waals surface area contributed by atoms with Crippen molar-refractivity contribution in [2.45, 2.75) is 57.3 Å². The molecule has 2 heterocycles. The Hall–Kier alpha value is -4.97. The molecule has 12 heteroatoms. The Bertz CT molecular complexity index is 1530. The number of amides is 3. The van der Waals surface area contributed by atoms with Gasteiger partial charge in [-0.15, -0.1) is 0 Å². The van der Waals surface area contributed by atoms with Gasteiger partial charge >= 0.3 is 5.97 Å². The summed E-state index contributed by atoms with van der Waals surface area (Å²) >= 11 is 0. The standard InChI is InChI=1S/C31H37N7O5/c1-18(2)27(30(41)37-26(31(42)43)14-21-16-33-17-35-21)38-29(40)25(13-20-15-34-24-11-7-6-10-22(20)24)36-28(39)23(32)12-19-8-4-3-5-9-19/h3-11,15-18,23,25-27,34H,12-14,32H2,1-2H3,(H,33,35)(H,36,39)(H,37,41)(H,38,40)(H,42,43). The Balaban J connectivity index is 1.52. The van der Waals surface area contributed by atoms with E-state index in [4.69, 9.17) is 5.73 Å². The zero-order valence-electron chi connectivity index (χ0n) is 24.0. The second-order valence-corrected chi connectivity index (χ2v) is 10.8. The minimum Gasteiger partial charge on any atom is -0.480 e. The summed E-state index contributed by atoms with van der Waals surface area (Å²) in [5, 5.41) is 18.6. The molecule has 4 unspecified atom stereocenters. The zero-order valence-corrected chi connectivity index (χ0v) is 24.0. The molecule has 0 aliphatic rings. The summed E-state index contributed by atoms with van der Waals surface area (Å²) < 4.78 is 0. The number of hydrogen-bond donors (Lipinski definition) is 7. The lowest BCUT2D eigenvalue weighted by Crippen LogP contribution is -2.59. The second kappa shape index (κ2) is 14.3. The van der Waals surface area contributed by atoms with Crippen LogP contribution in [0.25, 0.3) is 10.9 Å². The van der Waals surface area contributed by atoms with Crippen molar-refractivity contribution in [1.29, 1.82) is 0 Å². The number of aliphatic carboxylic acids is 1. The molecule has 0 aliphatic heterocycles. The topological polar surface area (TPSA) is 195 Å². The van der Waals surface area contributed by atoms with Crippen LogP contribution in [0.15, 0.2) is 73.3 Å². The fourth-order valence-corrected chi connectivity index (χ4v) is 4.84. The quantitative estimate of drug-likeness (QED) is 0.116. The molecule has 226 valence electrons. The Morgan fingerprint density at radius 1 is 0.837 bits per heavy atom. The largest absolute Gasteiger partial charge is 0.480 e. The van der Waals surface area contributed by atoms with E-state index in [1.165, 1.54) is 12.5 Å². The van der Waals surface area contributed by atoms with Crippen molar-refractivity contribution in [3.63, 3.8) is 0 Å². The maximum absolute atomic E-state index is 13.7. The first-order valence-electron chi connectivity index (χ1n) is 14.1. The number of H-pyrrole nitrogens is 2. The van der Waals surface area contributed by atoms with Gasteiger partial charge in [0.15, 0.2) is 0 Å². The van der Waals surface area contributed by atoms with E-state index in [9.17, 15) is 24.3 Å². The molecule has 4 rings (SSSR count). The molecule has 12 nitrogen and oxygen atoms in total. The highest BCUT2D eigenvalue weighted by Gasteiger charge is 2.32. The average molecular weight is 588 g/mol. The van der Waals surface area contributed by atoms with Crippen LogP contribution in [0, 0.1) is 5.92 Å². The molecule has 0 bridgehead atoms. The number of nitrogens with zero attached hydrogens (tertiary/aromatic N) is 1. The van der Waals surface area contributed by atoms with Crippen LogP contribution in [0.2, 0.25) is 0 Å². The molecule has 4 atom stereocenters. The monoisotopic (exact) mass is 587 g/mol.